The van der Waals surface area contributed by atoms with Gasteiger partial charge in [-0.2, -0.15) is 0 Å². The lowest BCUT2D eigenvalue weighted by atomic mass is 10.1. The van der Waals surface area contributed by atoms with Crippen molar-refractivity contribution >= 4 is 72.9 Å². The topological polar surface area (TPSA) is 101 Å². The molecule has 0 bridgehead atoms. The number of rotatable bonds is 7. The first-order valence-corrected chi connectivity index (χ1v) is 13.7. The number of nitrogens with zero attached hydrogens (tertiary/aromatic N) is 3. The molecule has 1 saturated heterocycles. The Morgan fingerprint density at radius 2 is 1.84 bits per heavy atom. The van der Waals surface area contributed by atoms with Crippen LogP contribution in [0.5, 0.6) is 11.5 Å². The summed E-state index contributed by atoms with van der Waals surface area (Å²) in [4.78, 5) is 24.6. The molecule has 0 atom stereocenters. The van der Waals surface area contributed by atoms with Gasteiger partial charge in [0.15, 0.2) is 5.82 Å². The molecule has 1 fully saturated rings. The minimum absolute atomic E-state index is 0.257. The van der Waals surface area contributed by atoms with Crippen molar-refractivity contribution in [3.8, 4) is 11.5 Å². The smallest absolute Gasteiger partial charge is 0.258 e. The number of anilines is 4. The highest BCUT2D eigenvalue weighted by atomic mass is 127. The Kier molecular flexibility index (Phi) is 7.63. The highest BCUT2D eigenvalue weighted by Crippen LogP contribution is 2.39. The molecule has 1 aliphatic heterocycles. The summed E-state index contributed by atoms with van der Waals surface area (Å²) >= 11 is 3.60. The molecule has 0 spiro atoms. The third-order valence-corrected chi connectivity index (χ3v) is 8.38. The summed E-state index contributed by atoms with van der Waals surface area (Å²) in [5.74, 6) is 1.68. The van der Waals surface area contributed by atoms with Gasteiger partial charge in [-0.25, -0.2) is 9.97 Å². The molecule has 4 aromatic rings. The molecule has 0 radical (unpaired) electrons. The number of benzene rings is 2. The number of carbonyl (C=O) groups is 1. The minimum Gasteiger partial charge on any atom is -0.496 e. The van der Waals surface area contributed by atoms with Crippen LogP contribution in [0.4, 0.5) is 22.9 Å². The molecule has 0 aliphatic carbocycles. The fraction of sp³-hybridized carbons (Fsp3) is 0.269. The molecule has 3 heterocycles. The van der Waals surface area contributed by atoms with E-state index in [-0.39, 0.29) is 5.91 Å². The van der Waals surface area contributed by atoms with E-state index in [2.05, 4.69) is 65.5 Å². The first-order valence-electron chi connectivity index (χ1n) is 11.8. The standard InChI is InChI=1S/C26H27IN6O3S/c1-15-19(35-2)12-20(36-3)21(27)22(15)32-26(34)18-13-37-24-23(18)29-14-30-25(24)31-16-4-6-17(7-5-16)33-10-8-28-9-11-33/h4-7,12-14,28H,8-11H2,1-3H3,(H,32,34)(H,29,30,31). The number of hydrogen-bond acceptors (Lipinski definition) is 9. The zero-order valence-corrected chi connectivity index (χ0v) is 23.7. The van der Waals surface area contributed by atoms with Gasteiger partial charge in [-0.15, -0.1) is 11.3 Å². The second-order valence-electron chi connectivity index (χ2n) is 8.51. The Hall–Kier alpha value is -3.16. The van der Waals surface area contributed by atoms with Crippen molar-refractivity contribution in [3.63, 3.8) is 0 Å². The van der Waals surface area contributed by atoms with E-state index < -0.39 is 0 Å². The summed E-state index contributed by atoms with van der Waals surface area (Å²) in [5, 5.41) is 11.6. The molecule has 3 N–H and O–H groups in total. The lowest BCUT2D eigenvalue weighted by Gasteiger charge is -2.29. The van der Waals surface area contributed by atoms with E-state index in [1.165, 1.54) is 23.4 Å². The summed E-state index contributed by atoms with van der Waals surface area (Å²) in [7, 11) is 3.19. The van der Waals surface area contributed by atoms with Crippen molar-refractivity contribution in [2.45, 2.75) is 6.92 Å². The zero-order valence-electron chi connectivity index (χ0n) is 20.7. The van der Waals surface area contributed by atoms with Crippen molar-refractivity contribution in [1.29, 1.82) is 0 Å². The minimum atomic E-state index is -0.257. The van der Waals surface area contributed by atoms with Gasteiger partial charge in [-0.05, 0) is 53.8 Å². The monoisotopic (exact) mass is 630 g/mol. The van der Waals surface area contributed by atoms with Gasteiger partial charge in [-0.1, -0.05) is 0 Å². The Bertz CT molecular complexity index is 1410. The maximum atomic E-state index is 13.4. The van der Waals surface area contributed by atoms with E-state index in [0.29, 0.717) is 34.1 Å². The predicted molar refractivity (Wildman–Crippen MR) is 157 cm³/mol. The van der Waals surface area contributed by atoms with E-state index >= 15 is 0 Å². The molecule has 2 aromatic heterocycles. The van der Waals surface area contributed by atoms with Crippen LogP contribution in [0.1, 0.15) is 15.9 Å². The Balaban J connectivity index is 1.39. The molecule has 192 valence electrons. The number of methoxy groups -OCH3 is 2. The lowest BCUT2D eigenvalue weighted by molar-refractivity contribution is 0.102. The molecular formula is C26H27IN6O3S. The molecule has 37 heavy (non-hydrogen) atoms. The molecule has 0 saturated carbocycles. The summed E-state index contributed by atoms with van der Waals surface area (Å²) in [6, 6.07) is 10.1. The average Bonchev–Trinajstić information content (AvgIpc) is 3.37. The number of amides is 1. The quantitative estimate of drug-likeness (QED) is 0.245. The second-order valence-corrected chi connectivity index (χ2v) is 10.5. The number of carbonyl (C=O) groups excluding carboxylic acids is 1. The number of piperazine rings is 1. The first kappa shape index (κ1) is 25.5. The van der Waals surface area contributed by atoms with Crippen LogP contribution in [-0.4, -0.2) is 56.3 Å². The van der Waals surface area contributed by atoms with Crippen LogP contribution in [-0.2, 0) is 0 Å². The number of ether oxygens (including phenoxy) is 2. The predicted octanol–water partition coefficient (Wildman–Crippen LogP) is 5.03. The van der Waals surface area contributed by atoms with Crippen molar-refractivity contribution < 1.29 is 14.3 Å². The second kappa shape index (κ2) is 11.1. The molecule has 9 nitrogen and oxygen atoms in total. The van der Waals surface area contributed by atoms with Gasteiger partial charge in [-0.3, -0.25) is 4.79 Å². The van der Waals surface area contributed by atoms with E-state index in [1.807, 2.05) is 30.5 Å². The van der Waals surface area contributed by atoms with E-state index in [0.717, 1.165) is 45.7 Å². The first-order chi connectivity index (χ1) is 18.0. The van der Waals surface area contributed by atoms with Crippen LogP contribution in [0, 0.1) is 10.5 Å². The fourth-order valence-corrected chi connectivity index (χ4v) is 6.17. The SMILES string of the molecule is COc1cc(OC)c(I)c(NC(=O)c2csc3c(Nc4ccc(N5CCNCC5)cc4)ncnc23)c1C. The van der Waals surface area contributed by atoms with E-state index in [1.54, 1.807) is 14.2 Å². The van der Waals surface area contributed by atoms with Crippen LogP contribution < -0.4 is 30.3 Å². The van der Waals surface area contributed by atoms with Gasteiger partial charge in [0.1, 0.15) is 17.8 Å². The third-order valence-electron chi connectivity index (χ3n) is 6.33. The molecule has 0 unspecified atom stereocenters. The number of halogens is 1. The van der Waals surface area contributed by atoms with Crippen LogP contribution in [0.3, 0.4) is 0 Å². The van der Waals surface area contributed by atoms with Crippen molar-refractivity contribution in [2.75, 3.05) is 55.9 Å². The molecule has 2 aromatic carbocycles. The van der Waals surface area contributed by atoms with Crippen LogP contribution in [0.15, 0.2) is 42.0 Å². The zero-order chi connectivity index (χ0) is 25.9. The summed E-state index contributed by atoms with van der Waals surface area (Å²) < 4.78 is 12.6. The van der Waals surface area contributed by atoms with Crippen molar-refractivity contribution in [1.82, 2.24) is 15.3 Å². The molecular weight excluding hydrogens is 603 g/mol. The highest BCUT2D eigenvalue weighted by Gasteiger charge is 2.21. The third kappa shape index (κ3) is 5.15. The number of nitrogens with one attached hydrogen (secondary N) is 3. The largest absolute Gasteiger partial charge is 0.496 e. The fourth-order valence-electron chi connectivity index (χ4n) is 4.31. The van der Waals surface area contributed by atoms with Crippen LogP contribution in [0.25, 0.3) is 10.2 Å². The maximum absolute atomic E-state index is 13.4. The molecule has 1 amide bonds. The summed E-state index contributed by atoms with van der Waals surface area (Å²) in [6.07, 6.45) is 1.48. The summed E-state index contributed by atoms with van der Waals surface area (Å²) in [5.41, 5.74) is 4.68. The van der Waals surface area contributed by atoms with Gasteiger partial charge >= 0.3 is 0 Å². The number of aromatic nitrogens is 2. The molecule has 11 heteroatoms. The van der Waals surface area contributed by atoms with Gasteiger partial charge in [0, 0.05) is 54.6 Å². The Labute approximate surface area is 232 Å². The van der Waals surface area contributed by atoms with Crippen LogP contribution >= 0.6 is 33.9 Å². The highest BCUT2D eigenvalue weighted by molar-refractivity contribution is 14.1. The normalized spacial score (nSPS) is 13.5. The van der Waals surface area contributed by atoms with Crippen molar-refractivity contribution in [2.24, 2.45) is 0 Å². The van der Waals surface area contributed by atoms with Crippen LogP contribution in [0.2, 0.25) is 0 Å². The maximum Gasteiger partial charge on any atom is 0.258 e. The Morgan fingerprint density at radius 1 is 1.11 bits per heavy atom. The average molecular weight is 631 g/mol. The van der Waals surface area contributed by atoms with Gasteiger partial charge in [0.25, 0.3) is 5.91 Å². The van der Waals surface area contributed by atoms with Gasteiger partial charge in [0.2, 0.25) is 0 Å². The van der Waals surface area contributed by atoms with E-state index in [4.69, 9.17) is 9.47 Å². The Morgan fingerprint density at radius 3 is 2.54 bits per heavy atom. The number of fused-ring (bicyclic) bond motifs is 1. The van der Waals surface area contributed by atoms with Crippen molar-refractivity contribution in [3.05, 3.63) is 56.7 Å². The number of thiophene rings is 1. The number of hydrogen-bond donors (Lipinski definition) is 3. The van der Waals surface area contributed by atoms with E-state index in [9.17, 15) is 4.79 Å². The molecule has 1 aliphatic rings. The lowest BCUT2D eigenvalue weighted by Crippen LogP contribution is -2.43. The van der Waals surface area contributed by atoms with Gasteiger partial charge in [0.05, 0.1) is 39.3 Å². The summed E-state index contributed by atoms with van der Waals surface area (Å²) in [6.45, 7) is 5.90. The van der Waals surface area contributed by atoms with Gasteiger partial charge < -0.3 is 30.3 Å². The molecule has 5 rings (SSSR count).